The van der Waals surface area contributed by atoms with Crippen LogP contribution in [0.3, 0.4) is 0 Å². The van der Waals surface area contributed by atoms with Crippen molar-refractivity contribution in [3.63, 3.8) is 0 Å². The first kappa shape index (κ1) is 17.3. The van der Waals surface area contributed by atoms with Crippen LogP contribution < -0.4 is 10.6 Å². The number of aromatic hydroxyl groups is 1. The van der Waals surface area contributed by atoms with E-state index in [1.807, 2.05) is 25.1 Å². The molecule has 132 valence electrons. The van der Waals surface area contributed by atoms with Crippen molar-refractivity contribution in [2.45, 2.75) is 31.7 Å². The highest BCUT2D eigenvalue weighted by molar-refractivity contribution is 5.80. The van der Waals surface area contributed by atoms with Gasteiger partial charge in [0.2, 0.25) is 0 Å². The maximum absolute atomic E-state index is 13.5. The van der Waals surface area contributed by atoms with Gasteiger partial charge in [-0.1, -0.05) is 24.3 Å². The van der Waals surface area contributed by atoms with Gasteiger partial charge in [-0.25, -0.2) is 9.38 Å². The Morgan fingerprint density at radius 3 is 2.56 bits per heavy atom. The molecule has 1 aliphatic carbocycles. The van der Waals surface area contributed by atoms with E-state index in [2.05, 4.69) is 15.6 Å². The van der Waals surface area contributed by atoms with Crippen LogP contribution in [0.25, 0.3) is 0 Å². The number of rotatable bonds is 6. The van der Waals surface area contributed by atoms with Crippen molar-refractivity contribution in [3.8, 4) is 5.75 Å². The first-order valence-corrected chi connectivity index (χ1v) is 8.67. The highest BCUT2D eigenvalue weighted by Crippen LogP contribution is 2.47. The second-order valence-corrected chi connectivity index (χ2v) is 6.51. The van der Waals surface area contributed by atoms with E-state index < -0.39 is 0 Å². The van der Waals surface area contributed by atoms with Crippen LogP contribution in [0.15, 0.2) is 53.5 Å². The normalized spacial score (nSPS) is 15.7. The van der Waals surface area contributed by atoms with E-state index in [4.69, 9.17) is 0 Å². The molecule has 1 aliphatic rings. The van der Waals surface area contributed by atoms with Crippen molar-refractivity contribution in [2.75, 3.05) is 13.1 Å². The third-order valence-corrected chi connectivity index (χ3v) is 4.59. The first-order valence-electron chi connectivity index (χ1n) is 8.67. The Balaban J connectivity index is 1.63. The molecule has 4 nitrogen and oxygen atoms in total. The van der Waals surface area contributed by atoms with Crippen LogP contribution >= 0.6 is 0 Å². The van der Waals surface area contributed by atoms with Crippen LogP contribution in [-0.2, 0) is 12.0 Å². The highest BCUT2D eigenvalue weighted by atomic mass is 19.1. The fourth-order valence-electron chi connectivity index (χ4n) is 2.90. The molecule has 0 heterocycles. The zero-order valence-corrected chi connectivity index (χ0v) is 14.4. The monoisotopic (exact) mass is 341 g/mol. The van der Waals surface area contributed by atoms with Gasteiger partial charge in [-0.2, -0.15) is 0 Å². The SMILES string of the molecule is CCNC(=NCc1ccc(O)cc1)NCC1(c2cccc(F)c2)CC1. The Kier molecular flexibility index (Phi) is 5.22. The molecule has 5 heteroatoms. The van der Waals surface area contributed by atoms with E-state index >= 15 is 0 Å². The van der Waals surface area contributed by atoms with Crippen LogP contribution in [-0.4, -0.2) is 24.2 Å². The fourth-order valence-corrected chi connectivity index (χ4v) is 2.90. The van der Waals surface area contributed by atoms with Gasteiger partial charge in [0.25, 0.3) is 0 Å². The summed E-state index contributed by atoms with van der Waals surface area (Å²) in [5.41, 5.74) is 2.09. The largest absolute Gasteiger partial charge is 0.508 e. The number of nitrogens with zero attached hydrogens (tertiary/aromatic N) is 1. The van der Waals surface area contributed by atoms with E-state index in [-0.39, 0.29) is 17.0 Å². The third-order valence-electron chi connectivity index (χ3n) is 4.59. The number of guanidine groups is 1. The minimum absolute atomic E-state index is 0.0107. The standard InChI is InChI=1S/C20H24FN3O/c1-2-22-19(23-13-15-6-8-18(25)9-7-15)24-14-20(10-11-20)16-4-3-5-17(21)12-16/h3-9,12,25H,2,10-11,13-14H2,1H3,(H2,22,23,24). The summed E-state index contributed by atoms with van der Waals surface area (Å²) in [5.74, 6) is 0.818. The van der Waals surface area contributed by atoms with Gasteiger partial charge < -0.3 is 15.7 Å². The molecular formula is C20H24FN3O. The van der Waals surface area contributed by atoms with Crippen LogP contribution in [0.2, 0.25) is 0 Å². The van der Waals surface area contributed by atoms with Gasteiger partial charge in [0.15, 0.2) is 5.96 Å². The van der Waals surface area contributed by atoms with Gasteiger partial charge in [-0.3, -0.25) is 0 Å². The lowest BCUT2D eigenvalue weighted by molar-refractivity contribution is 0.475. The lowest BCUT2D eigenvalue weighted by Crippen LogP contribution is -2.41. The molecule has 0 amide bonds. The summed E-state index contributed by atoms with van der Waals surface area (Å²) in [4.78, 5) is 4.59. The molecule has 0 saturated heterocycles. The predicted molar refractivity (Wildman–Crippen MR) is 98.2 cm³/mol. The second kappa shape index (κ2) is 7.55. The predicted octanol–water partition coefficient (Wildman–Crippen LogP) is 3.32. The Morgan fingerprint density at radius 1 is 1.16 bits per heavy atom. The fraction of sp³-hybridized carbons (Fsp3) is 0.350. The number of hydrogen-bond acceptors (Lipinski definition) is 2. The molecule has 0 atom stereocenters. The molecule has 0 radical (unpaired) electrons. The van der Waals surface area contributed by atoms with E-state index in [0.29, 0.717) is 6.54 Å². The van der Waals surface area contributed by atoms with Crippen molar-refractivity contribution in [2.24, 2.45) is 4.99 Å². The number of phenolic OH excluding ortho intramolecular Hbond substituents is 1. The molecule has 0 aromatic heterocycles. The summed E-state index contributed by atoms with van der Waals surface area (Å²) in [7, 11) is 0. The van der Waals surface area contributed by atoms with Gasteiger partial charge in [-0.15, -0.1) is 0 Å². The Morgan fingerprint density at radius 2 is 1.92 bits per heavy atom. The second-order valence-electron chi connectivity index (χ2n) is 6.51. The minimum atomic E-state index is -0.184. The first-order chi connectivity index (χ1) is 12.1. The van der Waals surface area contributed by atoms with Gasteiger partial charge in [0.1, 0.15) is 11.6 Å². The zero-order valence-electron chi connectivity index (χ0n) is 14.4. The maximum atomic E-state index is 13.5. The topological polar surface area (TPSA) is 56.7 Å². The molecule has 3 rings (SSSR count). The summed E-state index contributed by atoms with van der Waals surface area (Å²) in [6.07, 6.45) is 2.11. The smallest absolute Gasteiger partial charge is 0.191 e. The molecule has 3 N–H and O–H groups in total. The molecule has 0 unspecified atom stereocenters. The van der Waals surface area contributed by atoms with E-state index in [9.17, 15) is 9.50 Å². The molecule has 25 heavy (non-hydrogen) atoms. The van der Waals surface area contributed by atoms with Gasteiger partial charge in [0, 0.05) is 18.5 Å². The van der Waals surface area contributed by atoms with E-state index in [0.717, 1.165) is 43.0 Å². The molecule has 0 aliphatic heterocycles. The van der Waals surface area contributed by atoms with Gasteiger partial charge in [-0.05, 0) is 55.2 Å². The molecule has 2 aromatic rings. The zero-order chi connectivity index (χ0) is 17.7. The number of phenols is 1. The lowest BCUT2D eigenvalue weighted by atomic mass is 9.96. The van der Waals surface area contributed by atoms with Crippen molar-refractivity contribution in [1.29, 1.82) is 0 Å². The van der Waals surface area contributed by atoms with Crippen LogP contribution in [0.1, 0.15) is 30.9 Å². The molecule has 0 spiro atoms. The Hall–Kier alpha value is -2.56. The van der Waals surface area contributed by atoms with Crippen molar-refractivity contribution >= 4 is 5.96 Å². The molecule has 1 saturated carbocycles. The summed E-state index contributed by atoms with van der Waals surface area (Å²) in [6.45, 7) is 4.06. The van der Waals surface area contributed by atoms with Crippen LogP contribution in [0.5, 0.6) is 5.75 Å². The van der Waals surface area contributed by atoms with Gasteiger partial charge in [0.05, 0.1) is 6.54 Å². The summed E-state index contributed by atoms with van der Waals surface area (Å²) in [5, 5.41) is 16.0. The molecule has 0 bridgehead atoms. The molecule has 2 aromatic carbocycles. The third kappa shape index (κ3) is 4.50. The number of aliphatic imine (C=N–C) groups is 1. The summed E-state index contributed by atoms with van der Waals surface area (Å²) < 4.78 is 13.5. The van der Waals surface area contributed by atoms with Crippen LogP contribution in [0.4, 0.5) is 4.39 Å². The summed E-state index contributed by atoms with van der Waals surface area (Å²) in [6, 6.07) is 13.9. The Bertz CT molecular complexity index is 739. The highest BCUT2D eigenvalue weighted by Gasteiger charge is 2.44. The number of hydrogen-bond donors (Lipinski definition) is 3. The Labute approximate surface area is 147 Å². The maximum Gasteiger partial charge on any atom is 0.191 e. The lowest BCUT2D eigenvalue weighted by Gasteiger charge is -2.19. The van der Waals surface area contributed by atoms with Crippen molar-refractivity contribution in [1.82, 2.24) is 10.6 Å². The number of nitrogens with one attached hydrogen (secondary N) is 2. The van der Waals surface area contributed by atoms with Crippen LogP contribution in [0, 0.1) is 5.82 Å². The van der Waals surface area contributed by atoms with Crippen molar-refractivity contribution < 1.29 is 9.50 Å². The number of benzene rings is 2. The number of halogens is 1. The molecule has 1 fully saturated rings. The average Bonchev–Trinajstić information content (AvgIpc) is 3.40. The van der Waals surface area contributed by atoms with Crippen molar-refractivity contribution in [3.05, 3.63) is 65.5 Å². The average molecular weight is 341 g/mol. The quantitative estimate of drug-likeness (QED) is 0.558. The molecular weight excluding hydrogens is 317 g/mol. The van der Waals surface area contributed by atoms with E-state index in [1.54, 1.807) is 24.3 Å². The minimum Gasteiger partial charge on any atom is -0.508 e. The van der Waals surface area contributed by atoms with E-state index in [1.165, 1.54) is 6.07 Å². The summed E-state index contributed by atoms with van der Waals surface area (Å²) >= 11 is 0. The van der Waals surface area contributed by atoms with Gasteiger partial charge >= 0.3 is 0 Å².